The van der Waals surface area contributed by atoms with Crippen LogP contribution in [0.1, 0.15) is 29.1 Å². The lowest BCUT2D eigenvalue weighted by Gasteiger charge is -2.36. The fourth-order valence-corrected chi connectivity index (χ4v) is 3.41. The number of carbonyl (C=O) groups is 2. The van der Waals surface area contributed by atoms with Gasteiger partial charge in [0.05, 0.1) is 19.9 Å². The minimum atomic E-state index is -0.266. The van der Waals surface area contributed by atoms with Crippen LogP contribution in [0.15, 0.2) is 24.5 Å². The number of piperazine rings is 1. The lowest BCUT2D eigenvalue weighted by Crippen LogP contribution is -2.49. The van der Waals surface area contributed by atoms with E-state index >= 15 is 0 Å². The van der Waals surface area contributed by atoms with Gasteiger partial charge in [-0.2, -0.15) is 0 Å². The van der Waals surface area contributed by atoms with Crippen molar-refractivity contribution in [3.05, 3.63) is 35.9 Å². The smallest absolute Gasteiger partial charge is 0.254 e. The number of ether oxygens (including phenoxy) is 2. The summed E-state index contributed by atoms with van der Waals surface area (Å²) in [5, 5.41) is 6.02. The zero-order valence-corrected chi connectivity index (χ0v) is 16.5. The SMILES string of the molecule is COc1cc(C(=O)N2CCNCC2c2nccn2C)cc(NC(C)=O)c1OC. The Hall–Kier alpha value is -3.07. The highest BCUT2D eigenvalue weighted by Crippen LogP contribution is 2.37. The number of amides is 2. The summed E-state index contributed by atoms with van der Waals surface area (Å²) in [6.07, 6.45) is 3.58. The summed E-state index contributed by atoms with van der Waals surface area (Å²) in [6.45, 7) is 3.24. The fourth-order valence-electron chi connectivity index (χ4n) is 3.41. The van der Waals surface area contributed by atoms with Crippen LogP contribution in [-0.2, 0) is 11.8 Å². The van der Waals surface area contributed by atoms with Crippen molar-refractivity contribution in [1.29, 1.82) is 0 Å². The molecule has 2 aromatic rings. The van der Waals surface area contributed by atoms with Crippen molar-refractivity contribution in [2.45, 2.75) is 13.0 Å². The van der Waals surface area contributed by atoms with E-state index in [1.54, 1.807) is 23.2 Å². The van der Waals surface area contributed by atoms with Crippen molar-refractivity contribution >= 4 is 17.5 Å². The normalized spacial score (nSPS) is 16.6. The number of methoxy groups -OCH3 is 2. The Balaban J connectivity index is 2.00. The van der Waals surface area contributed by atoms with Gasteiger partial charge in [0, 0.05) is 51.6 Å². The third-order valence-corrected chi connectivity index (χ3v) is 4.70. The van der Waals surface area contributed by atoms with E-state index in [1.165, 1.54) is 21.1 Å². The van der Waals surface area contributed by atoms with Gasteiger partial charge in [-0.25, -0.2) is 4.98 Å². The number of carbonyl (C=O) groups excluding carboxylic acids is 2. The molecule has 1 unspecified atom stereocenters. The Labute approximate surface area is 163 Å². The summed E-state index contributed by atoms with van der Waals surface area (Å²) in [6, 6.07) is 3.05. The molecule has 1 saturated heterocycles. The molecule has 0 aliphatic carbocycles. The first-order valence-corrected chi connectivity index (χ1v) is 8.98. The first kappa shape index (κ1) is 19.7. The van der Waals surface area contributed by atoms with Crippen LogP contribution in [0.3, 0.4) is 0 Å². The molecule has 2 heterocycles. The molecule has 1 aromatic carbocycles. The molecule has 0 saturated carbocycles. The lowest BCUT2D eigenvalue weighted by molar-refractivity contribution is -0.114. The van der Waals surface area contributed by atoms with Gasteiger partial charge in [0.25, 0.3) is 5.91 Å². The molecule has 1 aromatic heterocycles. The number of aryl methyl sites for hydroxylation is 1. The zero-order chi connectivity index (χ0) is 20.3. The summed E-state index contributed by atoms with van der Waals surface area (Å²) in [5.41, 5.74) is 0.795. The molecule has 1 aliphatic heterocycles. The Morgan fingerprint density at radius 3 is 2.68 bits per heavy atom. The summed E-state index contributed by atoms with van der Waals surface area (Å²) >= 11 is 0. The number of aromatic nitrogens is 2. The molecule has 3 rings (SSSR count). The summed E-state index contributed by atoms with van der Waals surface area (Å²) < 4.78 is 12.6. The molecule has 2 amide bonds. The first-order valence-electron chi connectivity index (χ1n) is 8.98. The van der Waals surface area contributed by atoms with E-state index in [-0.39, 0.29) is 17.9 Å². The van der Waals surface area contributed by atoms with E-state index in [4.69, 9.17) is 9.47 Å². The van der Waals surface area contributed by atoms with Crippen LogP contribution in [0.5, 0.6) is 11.5 Å². The maximum Gasteiger partial charge on any atom is 0.254 e. The number of hydrogen-bond donors (Lipinski definition) is 2. The lowest BCUT2D eigenvalue weighted by atomic mass is 10.1. The van der Waals surface area contributed by atoms with Gasteiger partial charge >= 0.3 is 0 Å². The maximum absolute atomic E-state index is 13.4. The van der Waals surface area contributed by atoms with Crippen LogP contribution in [0.4, 0.5) is 5.69 Å². The molecule has 0 bridgehead atoms. The van der Waals surface area contributed by atoms with E-state index < -0.39 is 0 Å². The van der Waals surface area contributed by atoms with Crippen molar-refractivity contribution in [3.8, 4) is 11.5 Å². The number of imidazole rings is 1. The fraction of sp³-hybridized carbons (Fsp3) is 0.421. The van der Waals surface area contributed by atoms with Gasteiger partial charge < -0.3 is 29.6 Å². The number of benzene rings is 1. The Morgan fingerprint density at radius 2 is 2.07 bits per heavy atom. The third-order valence-electron chi connectivity index (χ3n) is 4.70. The van der Waals surface area contributed by atoms with E-state index in [0.717, 1.165) is 5.82 Å². The van der Waals surface area contributed by atoms with Gasteiger partial charge in [-0.3, -0.25) is 9.59 Å². The maximum atomic E-state index is 13.4. The van der Waals surface area contributed by atoms with Crippen LogP contribution in [0, 0.1) is 0 Å². The van der Waals surface area contributed by atoms with Crippen molar-refractivity contribution in [2.24, 2.45) is 7.05 Å². The number of rotatable bonds is 5. The molecular formula is C19H25N5O4. The predicted molar refractivity (Wildman–Crippen MR) is 104 cm³/mol. The first-order chi connectivity index (χ1) is 13.5. The van der Waals surface area contributed by atoms with Gasteiger partial charge in [-0.05, 0) is 12.1 Å². The summed E-state index contributed by atoms with van der Waals surface area (Å²) in [7, 11) is 4.88. The molecule has 1 atom stereocenters. The van der Waals surface area contributed by atoms with Crippen molar-refractivity contribution in [1.82, 2.24) is 19.8 Å². The van der Waals surface area contributed by atoms with Gasteiger partial charge in [0.2, 0.25) is 5.91 Å². The number of nitrogens with one attached hydrogen (secondary N) is 2. The molecular weight excluding hydrogens is 362 g/mol. The monoisotopic (exact) mass is 387 g/mol. The van der Waals surface area contributed by atoms with E-state index in [0.29, 0.717) is 42.4 Å². The van der Waals surface area contributed by atoms with Crippen LogP contribution in [-0.4, -0.2) is 60.1 Å². The van der Waals surface area contributed by atoms with E-state index in [2.05, 4.69) is 15.6 Å². The quantitative estimate of drug-likeness (QED) is 0.800. The largest absolute Gasteiger partial charge is 0.493 e. The second kappa shape index (κ2) is 8.30. The summed E-state index contributed by atoms with van der Waals surface area (Å²) in [4.78, 5) is 31.2. The highest BCUT2D eigenvalue weighted by molar-refractivity contribution is 5.99. The second-order valence-electron chi connectivity index (χ2n) is 6.56. The number of hydrogen-bond acceptors (Lipinski definition) is 6. The van der Waals surface area contributed by atoms with Gasteiger partial charge in [-0.15, -0.1) is 0 Å². The van der Waals surface area contributed by atoms with Crippen molar-refractivity contribution in [2.75, 3.05) is 39.2 Å². The predicted octanol–water partition coefficient (Wildman–Crippen LogP) is 1.18. The van der Waals surface area contributed by atoms with Crippen molar-refractivity contribution in [3.63, 3.8) is 0 Å². The average molecular weight is 387 g/mol. The van der Waals surface area contributed by atoms with Crippen LogP contribution in [0.2, 0.25) is 0 Å². The van der Waals surface area contributed by atoms with Crippen LogP contribution < -0.4 is 20.1 Å². The molecule has 2 N–H and O–H groups in total. The topological polar surface area (TPSA) is 97.7 Å². The molecule has 1 aliphatic rings. The van der Waals surface area contributed by atoms with Gasteiger partial charge in [0.15, 0.2) is 11.5 Å². The highest BCUT2D eigenvalue weighted by Gasteiger charge is 2.32. The standard InChI is InChI=1S/C19H25N5O4/c1-12(25)22-14-9-13(10-16(27-3)17(14)28-4)19(26)24-8-5-20-11-15(24)18-21-6-7-23(18)2/h6-7,9-10,15,20H,5,8,11H2,1-4H3,(H,22,25). The van der Waals surface area contributed by atoms with Gasteiger partial charge in [0.1, 0.15) is 11.9 Å². The summed E-state index contributed by atoms with van der Waals surface area (Å²) in [5.74, 6) is 1.12. The van der Waals surface area contributed by atoms with Gasteiger partial charge in [-0.1, -0.05) is 0 Å². The third kappa shape index (κ3) is 3.79. The van der Waals surface area contributed by atoms with Crippen molar-refractivity contribution < 1.29 is 19.1 Å². The van der Waals surface area contributed by atoms with Crippen LogP contribution >= 0.6 is 0 Å². The molecule has 9 heteroatoms. The average Bonchev–Trinajstić information content (AvgIpc) is 3.12. The number of nitrogens with zero attached hydrogens (tertiary/aromatic N) is 3. The molecule has 0 spiro atoms. The molecule has 150 valence electrons. The number of anilines is 1. The highest BCUT2D eigenvalue weighted by atomic mass is 16.5. The molecule has 0 radical (unpaired) electrons. The zero-order valence-electron chi connectivity index (χ0n) is 16.5. The minimum Gasteiger partial charge on any atom is -0.493 e. The Kier molecular flexibility index (Phi) is 5.84. The molecule has 1 fully saturated rings. The second-order valence-corrected chi connectivity index (χ2v) is 6.56. The van der Waals surface area contributed by atoms with E-state index in [9.17, 15) is 9.59 Å². The molecule has 9 nitrogen and oxygen atoms in total. The molecule has 28 heavy (non-hydrogen) atoms. The minimum absolute atomic E-state index is 0.165. The van der Waals surface area contributed by atoms with Crippen LogP contribution in [0.25, 0.3) is 0 Å². The Morgan fingerprint density at radius 1 is 1.29 bits per heavy atom. The van der Waals surface area contributed by atoms with E-state index in [1.807, 2.05) is 17.8 Å². The Bertz CT molecular complexity index is 879.